The first-order valence-electron chi connectivity index (χ1n) is 7.66. The van der Waals surface area contributed by atoms with Crippen LogP contribution in [0.1, 0.15) is 22.7 Å². The van der Waals surface area contributed by atoms with E-state index in [1.807, 2.05) is 18.2 Å². The Morgan fingerprint density at radius 2 is 2.00 bits per heavy atom. The minimum absolute atomic E-state index is 0.00110. The van der Waals surface area contributed by atoms with Crippen LogP contribution in [-0.2, 0) is 12.8 Å². The van der Waals surface area contributed by atoms with Crippen LogP contribution in [0, 0.1) is 0 Å². The second-order valence-electron chi connectivity index (χ2n) is 6.04. The number of rotatable bonds is 2. The van der Waals surface area contributed by atoms with Gasteiger partial charge in [0.1, 0.15) is 0 Å². The quantitative estimate of drug-likeness (QED) is 0.659. The number of phenols is 2. The van der Waals surface area contributed by atoms with Crippen molar-refractivity contribution in [3.63, 3.8) is 0 Å². The molecule has 0 amide bonds. The minimum atomic E-state index is -0.0526. The molecule has 4 rings (SSSR count). The van der Waals surface area contributed by atoms with E-state index in [0.717, 1.165) is 42.6 Å². The van der Waals surface area contributed by atoms with Gasteiger partial charge < -0.3 is 10.2 Å². The van der Waals surface area contributed by atoms with E-state index in [4.69, 9.17) is 11.6 Å². The molecule has 114 valence electrons. The maximum absolute atomic E-state index is 10.3. The first-order valence-corrected chi connectivity index (χ1v) is 8.20. The lowest BCUT2D eigenvalue weighted by molar-refractivity contribution is 0.194. The second kappa shape index (κ2) is 5.18. The third kappa shape index (κ3) is 1.93. The van der Waals surface area contributed by atoms with E-state index in [0.29, 0.717) is 11.9 Å². The summed E-state index contributed by atoms with van der Waals surface area (Å²) in [6.45, 7) is 1.90. The number of benzene rings is 2. The molecule has 1 aliphatic carbocycles. The predicted octanol–water partition coefficient (Wildman–Crippen LogP) is 3.46. The Hall–Kier alpha value is -1.71. The van der Waals surface area contributed by atoms with Crippen LogP contribution in [0.3, 0.4) is 0 Å². The van der Waals surface area contributed by atoms with E-state index in [9.17, 15) is 10.2 Å². The Morgan fingerprint density at radius 3 is 2.82 bits per heavy atom. The van der Waals surface area contributed by atoms with Gasteiger partial charge in [0, 0.05) is 30.6 Å². The molecule has 1 aliphatic heterocycles. The summed E-state index contributed by atoms with van der Waals surface area (Å²) < 4.78 is 0. The summed E-state index contributed by atoms with van der Waals surface area (Å²) in [5.74, 6) is 0.573. The van der Waals surface area contributed by atoms with Gasteiger partial charge in [0.25, 0.3) is 0 Å². The van der Waals surface area contributed by atoms with Crippen molar-refractivity contribution in [2.75, 3.05) is 19.0 Å². The first-order chi connectivity index (χ1) is 10.7. The number of halogens is 1. The number of alkyl halides is 1. The van der Waals surface area contributed by atoms with Crippen LogP contribution in [0.2, 0.25) is 0 Å². The lowest BCUT2D eigenvalue weighted by atomic mass is 9.77. The fourth-order valence-corrected chi connectivity index (χ4v) is 4.17. The SMILES string of the molecule is Oc1ccc2c(c1O)-c1cccc3c1[C@@H](C2)N(CCCl)CC3. The van der Waals surface area contributed by atoms with Gasteiger partial charge in [0.2, 0.25) is 0 Å². The Balaban J connectivity index is 1.95. The van der Waals surface area contributed by atoms with Crippen LogP contribution < -0.4 is 0 Å². The molecule has 0 bridgehead atoms. The average Bonchev–Trinajstić information content (AvgIpc) is 2.53. The van der Waals surface area contributed by atoms with E-state index >= 15 is 0 Å². The molecule has 0 unspecified atom stereocenters. The number of aromatic hydroxyl groups is 2. The van der Waals surface area contributed by atoms with E-state index in [1.165, 1.54) is 11.1 Å². The maximum Gasteiger partial charge on any atom is 0.165 e. The Labute approximate surface area is 134 Å². The van der Waals surface area contributed by atoms with Gasteiger partial charge in [0.05, 0.1) is 0 Å². The molecule has 2 aromatic rings. The number of fused-ring (bicyclic) bond motifs is 2. The van der Waals surface area contributed by atoms with Gasteiger partial charge in [-0.1, -0.05) is 24.3 Å². The molecule has 4 heteroatoms. The van der Waals surface area contributed by atoms with Crippen molar-refractivity contribution in [2.45, 2.75) is 18.9 Å². The van der Waals surface area contributed by atoms with Crippen LogP contribution in [-0.4, -0.2) is 34.1 Å². The van der Waals surface area contributed by atoms with E-state index in [1.54, 1.807) is 6.07 Å². The second-order valence-corrected chi connectivity index (χ2v) is 6.42. The smallest absolute Gasteiger partial charge is 0.165 e. The van der Waals surface area contributed by atoms with Gasteiger partial charge in [-0.2, -0.15) is 0 Å². The third-order valence-corrected chi connectivity index (χ3v) is 5.11. The van der Waals surface area contributed by atoms with Gasteiger partial charge in [-0.3, -0.25) is 4.90 Å². The van der Waals surface area contributed by atoms with Crippen molar-refractivity contribution in [1.82, 2.24) is 4.90 Å². The molecule has 0 spiro atoms. The van der Waals surface area contributed by atoms with Crippen molar-refractivity contribution < 1.29 is 10.2 Å². The normalized spacial score (nSPS) is 19.6. The summed E-state index contributed by atoms with van der Waals surface area (Å²) in [6.07, 6.45) is 1.86. The standard InChI is InChI=1S/C18H18ClNO2/c19-7-9-20-8-6-11-2-1-3-13-16(11)14(20)10-12-4-5-15(21)18(22)17(12)13/h1-5,14,21-22H,6-10H2/t14-/m1/s1. The third-order valence-electron chi connectivity index (χ3n) is 4.94. The highest BCUT2D eigenvalue weighted by molar-refractivity contribution is 6.18. The fraction of sp³-hybridized carbons (Fsp3) is 0.333. The molecule has 2 aliphatic rings. The number of phenolic OH excluding ortho intramolecular Hbond substituents is 2. The molecule has 1 heterocycles. The molecule has 2 N–H and O–H groups in total. The Morgan fingerprint density at radius 1 is 1.14 bits per heavy atom. The highest BCUT2D eigenvalue weighted by Gasteiger charge is 2.35. The summed E-state index contributed by atoms with van der Waals surface area (Å²) in [4.78, 5) is 2.44. The number of hydrogen-bond donors (Lipinski definition) is 2. The van der Waals surface area contributed by atoms with Crippen molar-refractivity contribution in [1.29, 1.82) is 0 Å². The molecule has 0 radical (unpaired) electrons. The van der Waals surface area contributed by atoms with Gasteiger partial charge in [-0.15, -0.1) is 11.6 Å². The molecule has 0 saturated heterocycles. The van der Waals surface area contributed by atoms with Crippen molar-refractivity contribution in [2.24, 2.45) is 0 Å². The van der Waals surface area contributed by atoms with Crippen molar-refractivity contribution in [3.05, 3.63) is 47.0 Å². The van der Waals surface area contributed by atoms with Crippen LogP contribution >= 0.6 is 11.6 Å². The predicted molar refractivity (Wildman–Crippen MR) is 87.6 cm³/mol. The maximum atomic E-state index is 10.3. The zero-order valence-electron chi connectivity index (χ0n) is 12.2. The summed E-state index contributed by atoms with van der Waals surface area (Å²) in [5.41, 5.74) is 5.58. The summed E-state index contributed by atoms with van der Waals surface area (Å²) in [6, 6.07) is 10.1. The Bertz CT molecular complexity index is 744. The van der Waals surface area contributed by atoms with E-state index < -0.39 is 0 Å². The fourth-order valence-electron chi connectivity index (χ4n) is 3.95. The first kappa shape index (κ1) is 13.9. The van der Waals surface area contributed by atoms with E-state index in [-0.39, 0.29) is 11.5 Å². The molecule has 0 aromatic heterocycles. The van der Waals surface area contributed by atoms with Crippen LogP contribution in [0.5, 0.6) is 11.5 Å². The number of nitrogens with zero attached hydrogens (tertiary/aromatic N) is 1. The molecular formula is C18H18ClNO2. The highest BCUT2D eigenvalue weighted by atomic mass is 35.5. The van der Waals surface area contributed by atoms with Crippen molar-refractivity contribution >= 4 is 11.6 Å². The van der Waals surface area contributed by atoms with Crippen molar-refractivity contribution in [3.8, 4) is 22.6 Å². The summed E-state index contributed by atoms with van der Waals surface area (Å²) >= 11 is 5.97. The summed E-state index contributed by atoms with van der Waals surface area (Å²) in [7, 11) is 0. The van der Waals surface area contributed by atoms with Crippen LogP contribution in [0.15, 0.2) is 30.3 Å². The van der Waals surface area contributed by atoms with Gasteiger partial charge >= 0.3 is 0 Å². The zero-order valence-corrected chi connectivity index (χ0v) is 13.0. The molecule has 0 fully saturated rings. The minimum Gasteiger partial charge on any atom is -0.504 e. The molecular weight excluding hydrogens is 298 g/mol. The van der Waals surface area contributed by atoms with Gasteiger partial charge in [-0.05, 0) is 41.2 Å². The molecule has 0 saturated carbocycles. The largest absolute Gasteiger partial charge is 0.504 e. The molecule has 22 heavy (non-hydrogen) atoms. The Kier molecular flexibility index (Phi) is 3.28. The van der Waals surface area contributed by atoms with Crippen LogP contribution in [0.4, 0.5) is 0 Å². The highest BCUT2D eigenvalue weighted by Crippen LogP contribution is 2.50. The van der Waals surface area contributed by atoms with Gasteiger partial charge in [0.15, 0.2) is 11.5 Å². The molecule has 1 atom stereocenters. The monoisotopic (exact) mass is 315 g/mol. The lowest BCUT2D eigenvalue weighted by Crippen LogP contribution is -2.39. The van der Waals surface area contributed by atoms with Gasteiger partial charge in [-0.25, -0.2) is 0 Å². The average molecular weight is 316 g/mol. The molecule has 3 nitrogen and oxygen atoms in total. The summed E-state index contributed by atoms with van der Waals surface area (Å²) in [5, 5.41) is 20.2. The van der Waals surface area contributed by atoms with Crippen LogP contribution in [0.25, 0.3) is 11.1 Å². The lowest BCUT2D eigenvalue weighted by Gasteiger charge is -2.41. The zero-order chi connectivity index (χ0) is 15.3. The topological polar surface area (TPSA) is 43.7 Å². The molecule has 2 aromatic carbocycles. The van der Waals surface area contributed by atoms with E-state index in [2.05, 4.69) is 11.0 Å². The number of hydrogen-bond acceptors (Lipinski definition) is 3.